The molecular weight excluding hydrogens is 574 g/mol. The molecule has 1 amide bonds. The van der Waals surface area contributed by atoms with Gasteiger partial charge in [0.15, 0.2) is 11.6 Å². The summed E-state index contributed by atoms with van der Waals surface area (Å²) >= 11 is 0. The maximum atomic E-state index is 12.6. The van der Waals surface area contributed by atoms with Gasteiger partial charge in [0.2, 0.25) is 5.91 Å². The molecule has 2 saturated carbocycles. The van der Waals surface area contributed by atoms with Gasteiger partial charge in [-0.2, -0.15) is 10.1 Å². The molecule has 0 bridgehead atoms. The molecule has 1 spiro atoms. The number of carbonyl (C=O) groups is 2. The Kier molecular flexibility index (Phi) is 11.7. The van der Waals surface area contributed by atoms with Crippen LogP contribution >= 0.6 is 0 Å². The minimum atomic E-state index is -0.0295. The Labute approximate surface area is 278 Å². The Morgan fingerprint density at radius 1 is 1.13 bits per heavy atom. The lowest BCUT2D eigenvalue weighted by molar-refractivity contribution is -0.126. The number of rotatable bonds is 10. The van der Waals surface area contributed by atoms with Gasteiger partial charge in [-0.15, -0.1) is 0 Å². The summed E-state index contributed by atoms with van der Waals surface area (Å²) in [5, 5.41) is 8.12. The molecule has 0 radical (unpaired) electrons. The van der Waals surface area contributed by atoms with Gasteiger partial charge in [0.05, 0.1) is 11.9 Å². The molecule has 2 saturated heterocycles. The van der Waals surface area contributed by atoms with Crippen LogP contribution < -0.4 is 10.2 Å². The van der Waals surface area contributed by atoms with E-state index in [0.29, 0.717) is 29.1 Å². The summed E-state index contributed by atoms with van der Waals surface area (Å²) in [6.45, 7) is 23.9. The molecule has 4 aliphatic rings. The first kappa shape index (κ1) is 36.0. The summed E-state index contributed by atoms with van der Waals surface area (Å²) < 4.78 is 1.88. The summed E-state index contributed by atoms with van der Waals surface area (Å²) in [6, 6.07) is 0. The predicted molar refractivity (Wildman–Crippen MR) is 187 cm³/mol. The van der Waals surface area contributed by atoms with E-state index in [2.05, 4.69) is 55.7 Å². The molecular formula is C37H61N7O2. The summed E-state index contributed by atoms with van der Waals surface area (Å²) in [4.78, 5) is 38.4. The van der Waals surface area contributed by atoms with Crippen LogP contribution in [0.5, 0.6) is 0 Å². The van der Waals surface area contributed by atoms with Gasteiger partial charge < -0.3 is 10.2 Å². The number of piperazine rings is 1. The van der Waals surface area contributed by atoms with Crippen LogP contribution in [-0.2, 0) is 16.0 Å². The second kappa shape index (κ2) is 15.0. The highest BCUT2D eigenvalue weighted by atomic mass is 16.2. The number of piperidine rings is 1. The van der Waals surface area contributed by atoms with E-state index in [9.17, 15) is 9.59 Å². The zero-order chi connectivity index (χ0) is 33.8. The molecule has 4 heterocycles. The molecule has 4 fully saturated rings. The van der Waals surface area contributed by atoms with Gasteiger partial charge in [-0.05, 0) is 82.2 Å². The number of amides is 1. The number of likely N-dealkylation sites (N-methyl/N-ethyl adjacent to an activating group) is 1. The van der Waals surface area contributed by atoms with Gasteiger partial charge in [-0.25, -0.2) is 9.50 Å². The molecule has 9 nitrogen and oxygen atoms in total. The lowest BCUT2D eigenvalue weighted by Gasteiger charge is -2.41. The van der Waals surface area contributed by atoms with Gasteiger partial charge >= 0.3 is 0 Å². The first-order valence-electron chi connectivity index (χ1n) is 18.0. The van der Waals surface area contributed by atoms with E-state index in [-0.39, 0.29) is 29.1 Å². The van der Waals surface area contributed by atoms with Crippen molar-refractivity contribution in [1.29, 1.82) is 0 Å². The van der Waals surface area contributed by atoms with Crippen molar-refractivity contribution >= 4 is 23.3 Å². The number of hydrogen-bond donors (Lipinski definition) is 1. The molecule has 9 heteroatoms. The van der Waals surface area contributed by atoms with Crippen molar-refractivity contribution in [2.75, 3.05) is 38.1 Å². The highest BCUT2D eigenvalue weighted by molar-refractivity contribution is 5.95. The van der Waals surface area contributed by atoms with Gasteiger partial charge in [0, 0.05) is 55.9 Å². The number of allylic oxidation sites excluding steroid dienone is 1. The number of nitrogens with one attached hydrogen (secondary N) is 1. The van der Waals surface area contributed by atoms with Crippen molar-refractivity contribution in [3.05, 3.63) is 29.7 Å². The molecule has 2 aromatic rings. The highest BCUT2D eigenvalue weighted by Gasteiger charge is 2.50. The first-order chi connectivity index (χ1) is 21.8. The second-order valence-corrected chi connectivity index (χ2v) is 15.2. The van der Waals surface area contributed by atoms with Crippen LogP contribution in [0.15, 0.2) is 18.3 Å². The first-order valence-corrected chi connectivity index (χ1v) is 18.0. The normalized spacial score (nSPS) is 21.7. The topological polar surface area (TPSA) is 95.7 Å². The summed E-state index contributed by atoms with van der Waals surface area (Å²) in [5.41, 5.74) is 3.38. The zero-order valence-electron chi connectivity index (χ0n) is 30.3. The smallest absolute Gasteiger partial charge is 0.252 e. The van der Waals surface area contributed by atoms with Crippen molar-refractivity contribution in [2.45, 2.75) is 125 Å². The van der Waals surface area contributed by atoms with Gasteiger partial charge in [0.1, 0.15) is 5.69 Å². The number of imidazole rings is 1. The monoisotopic (exact) mass is 635 g/mol. The lowest BCUT2D eigenvalue weighted by atomic mass is 9.80. The number of ketones is 1. The van der Waals surface area contributed by atoms with Crippen molar-refractivity contribution in [2.24, 2.45) is 23.2 Å². The average Bonchev–Trinajstić information content (AvgIpc) is 3.97. The molecule has 46 heavy (non-hydrogen) atoms. The Bertz CT molecular complexity index is 1370. The molecule has 2 aliphatic heterocycles. The van der Waals surface area contributed by atoms with Gasteiger partial charge in [-0.1, -0.05) is 55.0 Å². The molecule has 256 valence electrons. The van der Waals surface area contributed by atoms with Crippen LogP contribution in [0.4, 0.5) is 5.82 Å². The molecule has 1 N–H and O–H groups in total. The van der Waals surface area contributed by atoms with E-state index < -0.39 is 0 Å². The Hall–Kier alpha value is -2.81. The number of hydrogen-bond acceptors (Lipinski definition) is 7. The largest absolute Gasteiger partial charge is 0.356 e. The van der Waals surface area contributed by atoms with E-state index in [4.69, 9.17) is 15.1 Å². The summed E-state index contributed by atoms with van der Waals surface area (Å²) in [7, 11) is 2.25. The average molecular weight is 636 g/mol. The van der Waals surface area contributed by atoms with Crippen LogP contribution in [0.25, 0.3) is 5.78 Å². The maximum Gasteiger partial charge on any atom is 0.252 e. The van der Waals surface area contributed by atoms with Crippen molar-refractivity contribution in [3.8, 4) is 0 Å². The maximum absolute atomic E-state index is 12.6. The SMILES string of the molecule is C=C(C)C(=O)C(C)C.CC.CC(CCC(C)(C)C1CC1)c1cn2nc(CC3CCCNC3=O)c(N3CCN(C)C4(CC4)C3)nc2n1. The second-order valence-electron chi connectivity index (χ2n) is 15.2. The van der Waals surface area contributed by atoms with Crippen molar-refractivity contribution in [1.82, 2.24) is 29.8 Å². The van der Waals surface area contributed by atoms with Crippen LogP contribution in [-0.4, -0.2) is 74.9 Å². The molecule has 6 rings (SSSR count). The summed E-state index contributed by atoms with van der Waals surface area (Å²) in [6.07, 6.45) is 12.3. The Balaban J connectivity index is 0.000000422. The van der Waals surface area contributed by atoms with Crippen LogP contribution in [0, 0.1) is 23.2 Å². The highest BCUT2D eigenvalue weighted by Crippen LogP contribution is 2.48. The van der Waals surface area contributed by atoms with E-state index in [1.54, 1.807) is 6.92 Å². The summed E-state index contributed by atoms with van der Waals surface area (Å²) in [5.74, 6) is 3.30. The number of aromatic nitrogens is 4. The third-order valence-corrected chi connectivity index (χ3v) is 10.7. The minimum absolute atomic E-state index is 0.0295. The fourth-order valence-electron chi connectivity index (χ4n) is 6.97. The number of fused-ring (bicyclic) bond motifs is 1. The van der Waals surface area contributed by atoms with Gasteiger partial charge in [0.25, 0.3) is 5.78 Å². The van der Waals surface area contributed by atoms with Crippen LogP contribution in [0.2, 0.25) is 0 Å². The number of carbonyl (C=O) groups excluding carboxylic acids is 2. The van der Waals surface area contributed by atoms with Crippen molar-refractivity contribution < 1.29 is 9.59 Å². The quantitative estimate of drug-likeness (QED) is 0.294. The molecule has 2 aromatic heterocycles. The van der Waals surface area contributed by atoms with Crippen LogP contribution in [0.3, 0.4) is 0 Å². The standard InChI is InChI=1S/C28H43N7O.C7H12O.C2H6/c1-19(9-10-27(2,3)21-7-8-21)23-17-35-26(30-23)31-24(34-15-14-33(4)28(18-34)11-12-28)22(32-35)16-20-6-5-13-29-25(20)36;1-5(2)7(8)6(3)4;1-2/h17,19-21H,5-16,18H2,1-4H3,(H,29,36);6H,1H2,2-4H3;1-2H3. The fourth-order valence-corrected chi connectivity index (χ4v) is 6.97. The minimum Gasteiger partial charge on any atom is -0.356 e. The predicted octanol–water partition coefficient (Wildman–Crippen LogP) is 6.61. The van der Waals surface area contributed by atoms with E-state index in [1.807, 2.05) is 32.2 Å². The van der Waals surface area contributed by atoms with E-state index >= 15 is 0 Å². The molecule has 2 unspecified atom stereocenters. The number of anilines is 1. The lowest BCUT2D eigenvalue weighted by Crippen LogP contribution is -2.54. The fraction of sp³-hybridized carbons (Fsp3) is 0.757. The van der Waals surface area contributed by atoms with Crippen LogP contribution in [0.1, 0.15) is 124 Å². The Morgan fingerprint density at radius 3 is 2.39 bits per heavy atom. The molecule has 2 aliphatic carbocycles. The third kappa shape index (κ3) is 8.55. The van der Waals surface area contributed by atoms with Crippen molar-refractivity contribution in [3.63, 3.8) is 0 Å². The van der Waals surface area contributed by atoms with Gasteiger partial charge in [-0.3, -0.25) is 14.5 Å². The van der Waals surface area contributed by atoms with E-state index in [0.717, 1.165) is 68.6 Å². The Morgan fingerprint density at radius 2 is 1.83 bits per heavy atom. The third-order valence-electron chi connectivity index (χ3n) is 10.7. The number of nitrogens with zero attached hydrogens (tertiary/aromatic N) is 6. The molecule has 2 atom stereocenters. The molecule has 0 aromatic carbocycles. The zero-order valence-corrected chi connectivity index (χ0v) is 30.3. The van der Waals surface area contributed by atoms with E-state index in [1.165, 1.54) is 32.1 Å². The number of Topliss-reactive ketones (excluding diaryl/α,β-unsaturated/α-hetero) is 1.